The summed E-state index contributed by atoms with van der Waals surface area (Å²) in [6.07, 6.45) is 3.69. The number of hydrogen-bond acceptors (Lipinski definition) is 2. The van der Waals surface area contributed by atoms with Crippen molar-refractivity contribution in [2.75, 3.05) is 20.6 Å². The molecule has 2 nitrogen and oxygen atoms in total. The fourth-order valence-electron chi connectivity index (χ4n) is 0.595. The molecule has 0 aromatic heterocycles. The van der Waals surface area contributed by atoms with E-state index in [1.165, 1.54) is 0 Å². The summed E-state index contributed by atoms with van der Waals surface area (Å²) >= 11 is 0. The third-order valence-electron chi connectivity index (χ3n) is 0.854. The summed E-state index contributed by atoms with van der Waals surface area (Å²) in [6, 6.07) is 0. The fourth-order valence-corrected chi connectivity index (χ4v) is 0.595. The van der Waals surface area contributed by atoms with Crippen LogP contribution in [0.3, 0.4) is 0 Å². The van der Waals surface area contributed by atoms with Gasteiger partial charge in [-0.05, 0) is 27.1 Å². The van der Waals surface area contributed by atoms with Gasteiger partial charge in [0.05, 0.1) is 0 Å². The molecule has 0 bridgehead atoms. The van der Waals surface area contributed by atoms with E-state index in [2.05, 4.69) is 0 Å². The SMILES string of the molecule is CC=CC(=N)CN(C)C. The zero-order valence-electron chi connectivity index (χ0n) is 6.31. The third kappa shape index (κ3) is 5.24. The van der Waals surface area contributed by atoms with Crippen LogP contribution < -0.4 is 0 Å². The Labute approximate surface area is 56.7 Å². The second-order valence-electron chi connectivity index (χ2n) is 2.26. The Morgan fingerprint density at radius 2 is 2.11 bits per heavy atom. The molecule has 0 aromatic carbocycles. The predicted octanol–water partition coefficient (Wildman–Crippen LogP) is 1.14. The average molecular weight is 126 g/mol. The van der Waals surface area contributed by atoms with Gasteiger partial charge in [0.2, 0.25) is 0 Å². The lowest BCUT2D eigenvalue weighted by Gasteiger charge is -2.06. The molecule has 9 heavy (non-hydrogen) atoms. The van der Waals surface area contributed by atoms with Crippen LogP contribution in [0.5, 0.6) is 0 Å². The highest BCUT2D eigenvalue weighted by Crippen LogP contribution is 1.80. The number of allylic oxidation sites excluding steroid dienone is 1. The molecule has 0 aliphatic rings. The second kappa shape index (κ2) is 4.27. The van der Waals surface area contributed by atoms with Crippen LogP contribution in [0, 0.1) is 5.41 Å². The third-order valence-corrected chi connectivity index (χ3v) is 0.854. The van der Waals surface area contributed by atoms with E-state index in [4.69, 9.17) is 5.41 Å². The molecule has 0 unspecified atom stereocenters. The van der Waals surface area contributed by atoms with E-state index in [1.54, 1.807) is 6.08 Å². The smallest absolute Gasteiger partial charge is 0.0450 e. The minimum Gasteiger partial charge on any atom is -0.304 e. The lowest BCUT2D eigenvalue weighted by molar-refractivity contribution is 0.470. The number of rotatable bonds is 3. The molecule has 0 heterocycles. The van der Waals surface area contributed by atoms with Crippen molar-refractivity contribution in [2.45, 2.75) is 6.92 Å². The van der Waals surface area contributed by atoms with Crippen molar-refractivity contribution >= 4 is 5.71 Å². The normalized spacial score (nSPS) is 11.1. The van der Waals surface area contributed by atoms with Gasteiger partial charge >= 0.3 is 0 Å². The summed E-state index contributed by atoms with van der Waals surface area (Å²) in [6.45, 7) is 2.65. The van der Waals surface area contributed by atoms with Gasteiger partial charge in [-0.1, -0.05) is 6.08 Å². The highest BCUT2D eigenvalue weighted by Gasteiger charge is 1.90. The summed E-state index contributed by atoms with van der Waals surface area (Å²) in [5.74, 6) is 0. The molecule has 0 aliphatic carbocycles. The maximum atomic E-state index is 7.29. The van der Waals surface area contributed by atoms with Crippen molar-refractivity contribution in [3.63, 3.8) is 0 Å². The summed E-state index contributed by atoms with van der Waals surface area (Å²) in [4.78, 5) is 1.97. The molecule has 0 saturated heterocycles. The number of nitrogens with one attached hydrogen (secondary N) is 1. The molecule has 0 aliphatic heterocycles. The summed E-state index contributed by atoms with van der Waals surface area (Å²) in [5, 5.41) is 7.29. The Balaban J connectivity index is 3.51. The first-order chi connectivity index (χ1) is 4.16. The highest BCUT2D eigenvalue weighted by molar-refractivity contribution is 5.93. The lowest BCUT2D eigenvalue weighted by Crippen LogP contribution is -2.19. The first-order valence-corrected chi connectivity index (χ1v) is 3.01. The minimum absolute atomic E-state index is 0.655. The zero-order chi connectivity index (χ0) is 7.28. The van der Waals surface area contributed by atoms with E-state index in [9.17, 15) is 0 Å². The highest BCUT2D eigenvalue weighted by atomic mass is 15.1. The first kappa shape index (κ1) is 8.37. The Morgan fingerprint density at radius 3 is 2.44 bits per heavy atom. The molecular weight excluding hydrogens is 112 g/mol. The monoisotopic (exact) mass is 126 g/mol. The topological polar surface area (TPSA) is 27.1 Å². The van der Waals surface area contributed by atoms with Gasteiger partial charge < -0.3 is 10.3 Å². The zero-order valence-corrected chi connectivity index (χ0v) is 6.31. The Bertz CT molecular complexity index is 114. The van der Waals surface area contributed by atoms with Crippen LogP contribution in [0.2, 0.25) is 0 Å². The van der Waals surface area contributed by atoms with Crippen LogP contribution in [0.4, 0.5) is 0 Å². The van der Waals surface area contributed by atoms with Crippen LogP contribution in [-0.2, 0) is 0 Å². The molecule has 0 amide bonds. The van der Waals surface area contributed by atoms with Crippen LogP contribution >= 0.6 is 0 Å². The van der Waals surface area contributed by atoms with E-state index in [-0.39, 0.29) is 0 Å². The molecule has 1 N–H and O–H groups in total. The first-order valence-electron chi connectivity index (χ1n) is 3.01. The fraction of sp³-hybridized carbons (Fsp3) is 0.571. The van der Waals surface area contributed by atoms with Crippen LogP contribution in [0.1, 0.15) is 6.92 Å². The number of nitrogens with zero attached hydrogens (tertiary/aromatic N) is 1. The molecule has 0 fully saturated rings. The Hall–Kier alpha value is -0.630. The Kier molecular flexibility index (Phi) is 3.97. The van der Waals surface area contributed by atoms with Gasteiger partial charge in [-0.3, -0.25) is 0 Å². The minimum atomic E-state index is 0.655. The molecular formula is C7H14N2. The van der Waals surface area contributed by atoms with Gasteiger partial charge in [0.1, 0.15) is 0 Å². The second-order valence-corrected chi connectivity index (χ2v) is 2.26. The average Bonchev–Trinajstić information content (AvgIpc) is 1.63. The van der Waals surface area contributed by atoms with Crippen molar-refractivity contribution in [2.24, 2.45) is 0 Å². The van der Waals surface area contributed by atoms with E-state index >= 15 is 0 Å². The predicted molar refractivity (Wildman–Crippen MR) is 41.1 cm³/mol. The standard InChI is InChI=1S/C7H14N2/c1-4-5-7(8)6-9(2)3/h4-5,8H,6H2,1-3H3. The van der Waals surface area contributed by atoms with E-state index < -0.39 is 0 Å². The molecule has 0 atom stereocenters. The van der Waals surface area contributed by atoms with Crippen molar-refractivity contribution in [1.82, 2.24) is 4.90 Å². The van der Waals surface area contributed by atoms with Gasteiger partial charge in [-0.25, -0.2) is 0 Å². The van der Waals surface area contributed by atoms with Gasteiger partial charge in [0, 0.05) is 12.3 Å². The van der Waals surface area contributed by atoms with E-state index in [1.807, 2.05) is 32.0 Å². The van der Waals surface area contributed by atoms with E-state index in [0.29, 0.717) is 5.71 Å². The molecule has 0 spiro atoms. The van der Waals surface area contributed by atoms with Crippen molar-refractivity contribution in [1.29, 1.82) is 5.41 Å². The molecule has 2 heteroatoms. The van der Waals surface area contributed by atoms with Crippen molar-refractivity contribution < 1.29 is 0 Å². The van der Waals surface area contributed by atoms with Crippen LogP contribution in [-0.4, -0.2) is 31.3 Å². The van der Waals surface area contributed by atoms with Gasteiger partial charge in [0.15, 0.2) is 0 Å². The van der Waals surface area contributed by atoms with Gasteiger partial charge in [0.25, 0.3) is 0 Å². The van der Waals surface area contributed by atoms with E-state index in [0.717, 1.165) is 6.54 Å². The summed E-state index contributed by atoms with van der Waals surface area (Å²) in [7, 11) is 3.91. The lowest BCUT2D eigenvalue weighted by atomic mass is 10.3. The Morgan fingerprint density at radius 1 is 1.56 bits per heavy atom. The quantitative estimate of drug-likeness (QED) is 0.564. The maximum Gasteiger partial charge on any atom is 0.0450 e. The summed E-state index contributed by atoms with van der Waals surface area (Å²) in [5.41, 5.74) is 0.655. The molecule has 0 rings (SSSR count). The maximum absolute atomic E-state index is 7.29. The molecule has 0 radical (unpaired) electrons. The van der Waals surface area contributed by atoms with Crippen LogP contribution in [0.15, 0.2) is 12.2 Å². The number of hydrogen-bond donors (Lipinski definition) is 1. The largest absolute Gasteiger partial charge is 0.304 e. The van der Waals surface area contributed by atoms with Crippen molar-refractivity contribution in [3.8, 4) is 0 Å². The molecule has 0 saturated carbocycles. The summed E-state index contributed by atoms with van der Waals surface area (Å²) < 4.78 is 0. The molecule has 0 aromatic rings. The van der Waals surface area contributed by atoms with Gasteiger partial charge in [-0.2, -0.15) is 0 Å². The van der Waals surface area contributed by atoms with Crippen LogP contribution in [0.25, 0.3) is 0 Å². The van der Waals surface area contributed by atoms with Crippen molar-refractivity contribution in [3.05, 3.63) is 12.2 Å². The van der Waals surface area contributed by atoms with Gasteiger partial charge in [-0.15, -0.1) is 0 Å². The molecule has 52 valence electrons.